The van der Waals surface area contributed by atoms with Crippen LogP contribution in [-0.4, -0.2) is 40.7 Å². The Morgan fingerprint density at radius 1 is 1.39 bits per heavy atom. The van der Waals surface area contributed by atoms with E-state index < -0.39 is 6.10 Å². The molecule has 2 heterocycles. The summed E-state index contributed by atoms with van der Waals surface area (Å²) in [7, 11) is 0. The number of piperidine rings is 1. The summed E-state index contributed by atoms with van der Waals surface area (Å²) in [5.41, 5.74) is 8.80. The van der Waals surface area contributed by atoms with Crippen LogP contribution in [0.3, 0.4) is 0 Å². The van der Waals surface area contributed by atoms with E-state index in [0.29, 0.717) is 24.1 Å². The van der Waals surface area contributed by atoms with Crippen molar-refractivity contribution in [1.82, 2.24) is 4.90 Å². The van der Waals surface area contributed by atoms with Gasteiger partial charge in [0.05, 0.1) is 12.6 Å². The average molecular weight is 337 g/mol. The van der Waals surface area contributed by atoms with Crippen LogP contribution in [0.5, 0.6) is 0 Å². The summed E-state index contributed by atoms with van der Waals surface area (Å²) in [4.78, 5) is 6.50. The van der Waals surface area contributed by atoms with E-state index >= 15 is 0 Å². The van der Waals surface area contributed by atoms with Crippen molar-refractivity contribution in [3.8, 4) is 0 Å². The van der Waals surface area contributed by atoms with Crippen LogP contribution in [0.15, 0.2) is 17.1 Å². The highest BCUT2D eigenvalue weighted by molar-refractivity contribution is 6.31. The van der Waals surface area contributed by atoms with Gasteiger partial charge in [0.1, 0.15) is 0 Å². The van der Waals surface area contributed by atoms with Crippen molar-refractivity contribution >= 4 is 23.2 Å². The van der Waals surface area contributed by atoms with Gasteiger partial charge in [0.15, 0.2) is 5.96 Å². The molecule has 1 aromatic carbocycles. The Balaban J connectivity index is 1.84. The Kier molecular flexibility index (Phi) is 4.29. The Labute approximate surface area is 142 Å². The van der Waals surface area contributed by atoms with E-state index in [2.05, 4.69) is 36.0 Å². The maximum atomic E-state index is 10.7. The van der Waals surface area contributed by atoms with Gasteiger partial charge in [0.2, 0.25) is 0 Å². The molecule has 5 nitrogen and oxygen atoms in total. The van der Waals surface area contributed by atoms with Crippen molar-refractivity contribution in [1.29, 1.82) is 0 Å². The predicted molar refractivity (Wildman–Crippen MR) is 95.1 cm³/mol. The third kappa shape index (κ3) is 3.32. The molecule has 1 fully saturated rings. The number of rotatable bonds is 1. The van der Waals surface area contributed by atoms with E-state index in [-0.39, 0.29) is 11.5 Å². The number of aliphatic hydroxyl groups is 1. The van der Waals surface area contributed by atoms with Crippen LogP contribution in [-0.2, 0) is 6.54 Å². The van der Waals surface area contributed by atoms with E-state index in [1.807, 2.05) is 12.1 Å². The number of benzene rings is 1. The molecule has 1 saturated heterocycles. The number of halogens is 1. The first-order valence-electron chi connectivity index (χ1n) is 8.08. The van der Waals surface area contributed by atoms with Crippen LogP contribution >= 0.6 is 11.6 Å². The van der Waals surface area contributed by atoms with Crippen LogP contribution < -0.4 is 11.1 Å². The van der Waals surface area contributed by atoms with Gasteiger partial charge in [0.25, 0.3) is 0 Å². The summed E-state index contributed by atoms with van der Waals surface area (Å²) in [6.45, 7) is 8.70. The lowest BCUT2D eigenvalue weighted by Crippen LogP contribution is -2.51. The van der Waals surface area contributed by atoms with Crippen LogP contribution in [0, 0.1) is 0 Å². The average Bonchev–Trinajstić information content (AvgIpc) is 2.46. The summed E-state index contributed by atoms with van der Waals surface area (Å²) in [6, 6.07) is 3.97. The largest absolute Gasteiger partial charge is 0.391 e. The Hall–Kier alpha value is -1.30. The fraction of sp³-hybridized carbons (Fsp3) is 0.588. The number of aliphatic hydroxyl groups excluding tert-OH is 1. The first-order valence-corrected chi connectivity index (χ1v) is 8.46. The highest BCUT2D eigenvalue weighted by Gasteiger charge is 2.34. The minimum Gasteiger partial charge on any atom is -0.391 e. The number of nitrogens with zero attached hydrogens (tertiary/aromatic N) is 2. The van der Waals surface area contributed by atoms with Gasteiger partial charge in [-0.25, -0.2) is 4.99 Å². The molecule has 3 rings (SSSR count). The van der Waals surface area contributed by atoms with Gasteiger partial charge in [0, 0.05) is 28.7 Å². The number of fused-ring (bicyclic) bond motifs is 1. The van der Waals surface area contributed by atoms with Crippen LogP contribution in [0.1, 0.15) is 44.2 Å². The van der Waals surface area contributed by atoms with Gasteiger partial charge in [-0.3, -0.25) is 4.90 Å². The minimum atomic E-state index is -0.423. The number of nitrogens with two attached hydrogens (primary N) is 1. The molecule has 2 aliphatic rings. The molecule has 0 aliphatic carbocycles. The second-order valence-corrected chi connectivity index (χ2v) is 7.84. The Morgan fingerprint density at radius 3 is 2.78 bits per heavy atom. The van der Waals surface area contributed by atoms with Crippen LogP contribution in [0.4, 0.5) is 5.69 Å². The van der Waals surface area contributed by atoms with Crippen molar-refractivity contribution in [3.63, 3.8) is 0 Å². The normalized spacial score (nSPS) is 25.5. The molecule has 2 atom stereocenters. The monoisotopic (exact) mass is 336 g/mol. The van der Waals surface area contributed by atoms with Gasteiger partial charge in [-0.15, -0.1) is 0 Å². The highest BCUT2D eigenvalue weighted by Crippen LogP contribution is 2.38. The predicted octanol–water partition coefficient (Wildman–Crippen LogP) is 2.53. The van der Waals surface area contributed by atoms with Gasteiger partial charge in [-0.2, -0.15) is 0 Å². The number of hydrogen-bond acceptors (Lipinski definition) is 5. The van der Waals surface area contributed by atoms with Crippen LogP contribution in [0.2, 0.25) is 5.02 Å². The number of β-amino-alcohol motifs (C(OH)–C–C–N with tert-alkyl or cyclic N) is 1. The number of anilines is 1. The number of guanidine groups is 1. The standard InChI is InChI=1S/C17H25ClN4O/c1-17(2,3)22-5-4-11(15(23)9-22)12-7-14-10(6-13(12)18)8-20-16(19)21-14/h6-7,11,15,23H,4-5,8-9H2,1-3H3,(H3,19,20,21). The zero-order valence-corrected chi connectivity index (χ0v) is 14.7. The van der Waals surface area contributed by atoms with E-state index in [4.69, 9.17) is 17.3 Å². The molecule has 0 radical (unpaired) electrons. The van der Waals surface area contributed by atoms with Crippen LogP contribution in [0.25, 0.3) is 0 Å². The van der Waals surface area contributed by atoms with Crippen molar-refractivity contribution in [3.05, 3.63) is 28.3 Å². The van der Waals surface area contributed by atoms with Gasteiger partial charge in [-0.1, -0.05) is 11.6 Å². The van der Waals surface area contributed by atoms with E-state index in [1.165, 1.54) is 0 Å². The number of nitrogens with one attached hydrogen (secondary N) is 1. The molecule has 6 heteroatoms. The van der Waals surface area contributed by atoms with Crippen molar-refractivity contribution in [2.45, 2.75) is 51.3 Å². The molecule has 126 valence electrons. The zero-order chi connectivity index (χ0) is 16.8. The summed E-state index contributed by atoms with van der Waals surface area (Å²) >= 11 is 6.49. The van der Waals surface area contributed by atoms with Gasteiger partial charge >= 0.3 is 0 Å². The summed E-state index contributed by atoms with van der Waals surface area (Å²) in [5, 5.41) is 14.5. The molecule has 0 spiro atoms. The molecule has 0 amide bonds. The van der Waals surface area contributed by atoms with E-state index in [0.717, 1.165) is 29.8 Å². The molecule has 2 unspecified atom stereocenters. The maximum Gasteiger partial charge on any atom is 0.193 e. The fourth-order valence-corrected chi connectivity index (χ4v) is 3.74. The third-order valence-electron chi connectivity index (χ3n) is 4.84. The van der Waals surface area contributed by atoms with E-state index in [1.54, 1.807) is 0 Å². The first-order chi connectivity index (χ1) is 10.8. The Morgan fingerprint density at radius 2 is 2.13 bits per heavy atom. The molecule has 4 N–H and O–H groups in total. The molecule has 2 aliphatic heterocycles. The summed E-state index contributed by atoms with van der Waals surface area (Å²) in [5.74, 6) is 0.474. The smallest absolute Gasteiger partial charge is 0.193 e. The van der Waals surface area contributed by atoms with Gasteiger partial charge in [-0.05, 0) is 57.0 Å². The SMILES string of the molecule is CC(C)(C)N1CCC(c2cc3c(cc2Cl)CN=C(N)N3)C(O)C1. The molecule has 0 saturated carbocycles. The lowest BCUT2D eigenvalue weighted by Gasteiger charge is -2.43. The summed E-state index contributed by atoms with van der Waals surface area (Å²) < 4.78 is 0. The molecular weight excluding hydrogens is 312 g/mol. The maximum absolute atomic E-state index is 10.7. The molecule has 1 aromatic rings. The molecule has 0 bridgehead atoms. The number of hydrogen-bond donors (Lipinski definition) is 3. The zero-order valence-electron chi connectivity index (χ0n) is 13.9. The highest BCUT2D eigenvalue weighted by atomic mass is 35.5. The quantitative estimate of drug-likeness (QED) is 0.736. The van der Waals surface area contributed by atoms with Gasteiger partial charge < -0.3 is 16.2 Å². The van der Waals surface area contributed by atoms with Crippen molar-refractivity contribution in [2.75, 3.05) is 18.4 Å². The van der Waals surface area contributed by atoms with Crippen molar-refractivity contribution in [2.24, 2.45) is 10.7 Å². The van der Waals surface area contributed by atoms with E-state index in [9.17, 15) is 5.11 Å². The minimum absolute atomic E-state index is 0.0493. The molecule has 23 heavy (non-hydrogen) atoms. The first kappa shape index (κ1) is 16.6. The number of aliphatic imine (C=N–C) groups is 1. The topological polar surface area (TPSA) is 73.9 Å². The fourth-order valence-electron chi connectivity index (χ4n) is 3.41. The Bertz CT molecular complexity index is 638. The third-order valence-corrected chi connectivity index (χ3v) is 5.16. The second kappa shape index (κ2) is 5.96. The van der Waals surface area contributed by atoms with Crippen molar-refractivity contribution < 1.29 is 5.11 Å². The summed E-state index contributed by atoms with van der Waals surface area (Å²) in [6.07, 6.45) is 0.466. The second-order valence-electron chi connectivity index (χ2n) is 7.44. The molecular formula is C17H25ClN4O. The lowest BCUT2D eigenvalue weighted by atomic mass is 9.84. The number of likely N-dealkylation sites (tertiary alicyclic amines) is 1. The lowest BCUT2D eigenvalue weighted by molar-refractivity contribution is 0.00796. The molecule has 0 aromatic heterocycles.